The highest BCUT2D eigenvalue weighted by molar-refractivity contribution is 6.18. The number of rotatable bonds is 1. The van der Waals surface area contributed by atoms with Gasteiger partial charge in [-0.2, -0.15) is 0 Å². The van der Waals surface area contributed by atoms with Crippen molar-refractivity contribution in [2.75, 3.05) is 0 Å². The number of benzene rings is 1. The summed E-state index contributed by atoms with van der Waals surface area (Å²) in [5.74, 6) is 0.528. The van der Waals surface area contributed by atoms with Gasteiger partial charge in [0.05, 0.1) is 5.52 Å². The Bertz CT molecular complexity index is 437. The normalized spacial score (nSPS) is 10.6. The molecule has 0 saturated heterocycles. The van der Waals surface area contributed by atoms with Crippen LogP contribution in [0.25, 0.3) is 10.9 Å². The summed E-state index contributed by atoms with van der Waals surface area (Å²) < 4.78 is 0. The highest BCUT2D eigenvalue weighted by Crippen LogP contribution is 2.21. The van der Waals surface area contributed by atoms with E-state index in [-0.39, 0.29) is 0 Å². The molecular weight excluding hydrogens is 182 g/mol. The number of alkyl halides is 1. The first-order valence-corrected chi connectivity index (χ1v) is 4.75. The summed E-state index contributed by atoms with van der Waals surface area (Å²) in [6.07, 6.45) is 1.80. The Labute approximate surface area is 82.4 Å². The van der Waals surface area contributed by atoms with Gasteiger partial charge < -0.3 is 0 Å². The van der Waals surface area contributed by atoms with Crippen molar-refractivity contribution in [1.82, 2.24) is 4.98 Å². The minimum atomic E-state index is 0.528. The van der Waals surface area contributed by atoms with E-state index in [0.717, 1.165) is 16.5 Å². The van der Waals surface area contributed by atoms with E-state index in [1.54, 1.807) is 6.20 Å². The average Bonchev–Trinajstić information content (AvgIpc) is 2.18. The average molecular weight is 192 g/mol. The summed E-state index contributed by atoms with van der Waals surface area (Å²) in [7, 11) is 0. The van der Waals surface area contributed by atoms with E-state index in [2.05, 4.69) is 30.1 Å². The van der Waals surface area contributed by atoms with E-state index in [1.807, 2.05) is 6.07 Å². The van der Waals surface area contributed by atoms with E-state index in [1.165, 1.54) is 5.56 Å². The van der Waals surface area contributed by atoms with Crippen LogP contribution in [0.1, 0.15) is 11.1 Å². The van der Waals surface area contributed by atoms with Crippen LogP contribution in [-0.2, 0) is 5.88 Å². The summed E-state index contributed by atoms with van der Waals surface area (Å²) in [6, 6.07) is 8.16. The zero-order valence-electron chi connectivity index (χ0n) is 7.42. The van der Waals surface area contributed by atoms with Gasteiger partial charge in [0.2, 0.25) is 0 Å². The van der Waals surface area contributed by atoms with Crippen molar-refractivity contribution in [2.45, 2.75) is 12.8 Å². The number of aryl methyl sites for hydroxylation is 1. The molecule has 0 radical (unpaired) electrons. The molecule has 1 nitrogen and oxygen atoms in total. The van der Waals surface area contributed by atoms with Crippen LogP contribution in [0.15, 0.2) is 30.5 Å². The lowest BCUT2D eigenvalue weighted by molar-refractivity contribution is 1.28. The number of fused-ring (bicyclic) bond motifs is 1. The second-order valence-electron chi connectivity index (χ2n) is 3.07. The van der Waals surface area contributed by atoms with Gasteiger partial charge in [-0.25, -0.2) is 0 Å². The molecule has 0 spiro atoms. The maximum atomic E-state index is 5.87. The van der Waals surface area contributed by atoms with Gasteiger partial charge in [0.1, 0.15) is 0 Å². The van der Waals surface area contributed by atoms with Crippen LogP contribution in [0, 0.1) is 6.92 Å². The van der Waals surface area contributed by atoms with Crippen LogP contribution < -0.4 is 0 Å². The fourth-order valence-corrected chi connectivity index (χ4v) is 1.81. The predicted octanol–water partition coefficient (Wildman–Crippen LogP) is 3.28. The molecule has 0 aliphatic carbocycles. The molecule has 0 aliphatic rings. The van der Waals surface area contributed by atoms with Crippen LogP contribution in [0.4, 0.5) is 0 Å². The van der Waals surface area contributed by atoms with Crippen molar-refractivity contribution in [3.05, 3.63) is 41.6 Å². The molecule has 2 rings (SSSR count). The number of hydrogen-bond acceptors (Lipinski definition) is 1. The highest BCUT2D eigenvalue weighted by Gasteiger charge is 2.03. The van der Waals surface area contributed by atoms with Crippen molar-refractivity contribution in [3.63, 3.8) is 0 Å². The van der Waals surface area contributed by atoms with E-state index in [9.17, 15) is 0 Å². The summed E-state index contributed by atoms with van der Waals surface area (Å²) >= 11 is 5.87. The number of nitrogens with zero attached hydrogens (tertiary/aromatic N) is 1. The first-order valence-electron chi connectivity index (χ1n) is 4.22. The van der Waals surface area contributed by atoms with Gasteiger partial charge in [0.25, 0.3) is 0 Å². The lowest BCUT2D eigenvalue weighted by Crippen LogP contribution is -1.89. The molecule has 0 saturated carbocycles. The van der Waals surface area contributed by atoms with Gasteiger partial charge in [-0.15, -0.1) is 11.6 Å². The van der Waals surface area contributed by atoms with Gasteiger partial charge in [-0.1, -0.05) is 18.2 Å². The Balaban J connectivity index is 2.84. The second-order valence-corrected chi connectivity index (χ2v) is 3.34. The van der Waals surface area contributed by atoms with Gasteiger partial charge in [0.15, 0.2) is 0 Å². The molecule has 0 fully saturated rings. The topological polar surface area (TPSA) is 12.9 Å². The summed E-state index contributed by atoms with van der Waals surface area (Å²) in [5.41, 5.74) is 3.37. The highest BCUT2D eigenvalue weighted by atomic mass is 35.5. The third-order valence-corrected chi connectivity index (χ3v) is 2.51. The Morgan fingerprint density at radius 1 is 1.31 bits per heavy atom. The molecule has 1 heterocycles. The molecule has 1 aromatic carbocycles. The molecule has 2 heteroatoms. The van der Waals surface area contributed by atoms with Crippen molar-refractivity contribution < 1.29 is 0 Å². The van der Waals surface area contributed by atoms with Crippen molar-refractivity contribution in [2.24, 2.45) is 0 Å². The monoisotopic (exact) mass is 191 g/mol. The van der Waals surface area contributed by atoms with Crippen LogP contribution in [-0.4, -0.2) is 4.98 Å². The zero-order chi connectivity index (χ0) is 9.26. The van der Waals surface area contributed by atoms with Gasteiger partial charge in [-0.05, 0) is 24.1 Å². The van der Waals surface area contributed by atoms with Gasteiger partial charge in [-0.3, -0.25) is 4.98 Å². The molecule has 0 bridgehead atoms. The van der Waals surface area contributed by atoms with Crippen molar-refractivity contribution in [3.8, 4) is 0 Å². The second kappa shape index (κ2) is 3.35. The fourth-order valence-electron chi connectivity index (χ4n) is 1.48. The van der Waals surface area contributed by atoms with E-state index >= 15 is 0 Å². The Morgan fingerprint density at radius 2 is 2.15 bits per heavy atom. The summed E-state index contributed by atoms with van der Waals surface area (Å²) in [4.78, 5) is 4.33. The molecule has 2 aromatic rings. The number of aromatic nitrogens is 1. The Kier molecular flexibility index (Phi) is 2.19. The molecule has 66 valence electrons. The fraction of sp³-hybridized carbons (Fsp3) is 0.182. The smallest absolute Gasteiger partial charge is 0.0748 e. The molecule has 1 aromatic heterocycles. The first kappa shape index (κ1) is 8.52. The molecule has 0 atom stereocenters. The molecule has 0 amide bonds. The minimum absolute atomic E-state index is 0.528. The third-order valence-electron chi connectivity index (χ3n) is 2.25. The lowest BCUT2D eigenvalue weighted by atomic mass is 10.1. The zero-order valence-corrected chi connectivity index (χ0v) is 8.17. The maximum Gasteiger partial charge on any atom is 0.0748 e. The Morgan fingerprint density at radius 3 is 2.92 bits per heavy atom. The maximum absolute atomic E-state index is 5.87. The molecular formula is C11H10ClN. The lowest BCUT2D eigenvalue weighted by Gasteiger charge is -2.05. The molecule has 0 unspecified atom stereocenters. The van der Waals surface area contributed by atoms with Crippen LogP contribution >= 0.6 is 11.6 Å². The predicted molar refractivity (Wildman–Crippen MR) is 56.0 cm³/mol. The van der Waals surface area contributed by atoms with Crippen molar-refractivity contribution in [1.29, 1.82) is 0 Å². The van der Waals surface area contributed by atoms with Crippen molar-refractivity contribution >= 4 is 22.5 Å². The number of pyridine rings is 1. The molecule has 13 heavy (non-hydrogen) atoms. The van der Waals surface area contributed by atoms with E-state index < -0.39 is 0 Å². The van der Waals surface area contributed by atoms with Crippen LogP contribution in [0.3, 0.4) is 0 Å². The van der Waals surface area contributed by atoms with Crippen LogP contribution in [0.5, 0.6) is 0 Å². The standard InChI is InChI=1S/C11H10ClN/c1-8-4-5-9-3-2-6-13-11(9)10(8)7-12/h2-6H,7H2,1H3. The summed E-state index contributed by atoms with van der Waals surface area (Å²) in [5, 5.41) is 1.16. The first-order chi connectivity index (χ1) is 6.33. The summed E-state index contributed by atoms with van der Waals surface area (Å²) in [6.45, 7) is 2.06. The van der Waals surface area contributed by atoms with Gasteiger partial charge in [0, 0.05) is 17.5 Å². The third kappa shape index (κ3) is 1.40. The molecule has 0 N–H and O–H groups in total. The molecule has 0 aliphatic heterocycles. The van der Waals surface area contributed by atoms with Gasteiger partial charge >= 0.3 is 0 Å². The SMILES string of the molecule is Cc1ccc2cccnc2c1CCl. The van der Waals surface area contributed by atoms with E-state index in [4.69, 9.17) is 11.6 Å². The minimum Gasteiger partial charge on any atom is -0.256 e. The van der Waals surface area contributed by atoms with Crippen LogP contribution in [0.2, 0.25) is 0 Å². The largest absolute Gasteiger partial charge is 0.256 e. The number of hydrogen-bond donors (Lipinski definition) is 0. The Hall–Kier alpha value is -1.08. The van der Waals surface area contributed by atoms with E-state index in [0.29, 0.717) is 5.88 Å². The quantitative estimate of drug-likeness (QED) is 0.631. The number of halogens is 1.